The molecule has 0 atom stereocenters. The molecule has 0 unspecified atom stereocenters. The summed E-state index contributed by atoms with van der Waals surface area (Å²) < 4.78 is 43.2. The lowest BCUT2D eigenvalue weighted by Crippen LogP contribution is -3.08. The summed E-state index contributed by atoms with van der Waals surface area (Å²) in [7, 11) is 0. The molecule has 1 fully saturated rings. The van der Waals surface area contributed by atoms with Crippen molar-refractivity contribution in [1.82, 2.24) is 5.32 Å². The van der Waals surface area contributed by atoms with Crippen LogP contribution < -0.4 is 15.0 Å². The Labute approximate surface area is 162 Å². The maximum atomic E-state index is 12.7. The van der Waals surface area contributed by atoms with Crippen LogP contribution in [-0.4, -0.2) is 25.6 Å². The van der Waals surface area contributed by atoms with Gasteiger partial charge in [0.05, 0.1) is 18.7 Å². The van der Waals surface area contributed by atoms with Crippen LogP contribution in [0.5, 0.6) is 5.75 Å². The van der Waals surface area contributed by atoms with Crippen LogP contribution in [0.25, 0.3) is 0 Å². The molecular formula is C21H24F3N2O2+. The Morgan fingerprint density at radius 2 is 1.71 bits per heavy atom. The van der Waals surface area contributed by atoms with E-state index in [1.54, 1.807) is 4.90 Å². The molecule has 0 spiro atoms. The smallest absolute Gasteiger partial charge is 0.416 e. The molecule has 0 bridgehead atoms. The molecule has 2 aromatic carbocycles. The van der Waals surface area contributed by atoms with Gasteiger partial charge in [-0.3, -0.25) is 4.79 Å². The van der Waals surface area contributed by atoms with Crippen LogP contribution in [0.15, 0.2) is 48.5 Å². The Hall–Kier alpha value is -2.54. The van der Waals surface area contributed by atoms with E-state index in [-0.39, 0.29) is 18.3 Å². The second-order valence-corrected chi connectivity index (χ2v) is 7.04. The maximum absolute atomic E-state index is 12.7. The monoisotopic (exact) mass is 393 g/mol. The number of alkyl halides is 3. The third-order valence-electron chi connectivity index (χ3n) is 4.81. The minimum Gasteiger partial charge on any atom is -0.484 e. The Balaban J connectivity index is 1.43. The normalized spacial score (nSPS) is 14.8. The van der Waals surface area contributed by atoms with Crippen molar-refractivity contribution in [2.45, 2.75) is 32.1 Å². The maximum Gasteiger partial charge on any atom is 0.416 e. The summed E-state index contributed by atoms with van der Waals surface area (Å²) in [5.74, 6) is -0.373. The lowest BCUT2D eigenvalue weighted by atomic mass is 10.1. The van der Waals surface area contributed by atoms with Crippen molar-refractivity contribution in [1.29, 1.82) is 0 Å². The van der Waals surface area contributed by atoms with Gasteiger partial charge in [0.25, 0.3) is 5.91 Å². The first kappa shape index (κ1) is 20.2. The molecular weight excluding hydrogens is 369 g/mol. The predicted molar refractivity (Wildman–Crippen MR) is 98.9 cm³/mol. The fraction of sp³-hybridized carbons (Fsp3) is 0.381. The Morgan fingerprint density at radius 3 is 2.39 bits per heavy atom. The van der Waals surface area contributed by atoms with Crippen LogP contribution in [0.2, 0.25) is 0 Å². The van der Waals surface area contributed by atoms with Gasteiger partial charge in [-0.25, -0.2) is 0 Å². The van der Waals surface area contributed by atoms with Crippen LogP contribution in [0, 0.1) is 0 Å². The lowest BCUT2D eigenvalue weighted by molar-refractivity contribution is -0.901. The summed E-state index contributed by atoms with van der Waals surface area (Å²) in [6.45, 7) is 3.49. The summed E-state index contributed by atoms with van der Waals surface area (Å²) in [6, 6.07) is 12.6. The van der Waals surface area contributed by atoms with Gasteiger partial charge < -0.3 is 15.0 Å². The zero-order valence-corrected chi connectivity index (χ0v) is 15.5. The number of halogens is 3. The van der Waals surface area contributed by atoms with E-state index in [9.17, 15) is 18.0 Å². The van der Waals surface area contributed by atoms with Gasteiger partial charge in [0.1, 0.15) is 12.3 Å². The van der Waals surface area contributed by atoms with E-state index < -0.39 is 11.7 Å². The van der Waals surface area contributed by atoms with Gasteiger partial charge in [0, 0.05) is 24.9 Å². The van der Waals surface area contributed by atoms with Crippen molar-refractivity contribution in [2.24, 2.45) is 0 Å². The quantitative estimate of drug-likeness (QED) is 0.760. The molecule has 1 aliphatic rings. The Morgan fingerprint density at radius 1 is 1.04 bits per heavy atom. The van der Waals surface area contributed by atoms with E-state index in [2.05, 4.69) is 17.4 Å². The highest BCUT2D eigenvalue weighted by Gasteiger charge is 2.30. The molecule has 4 nitrogen and oxygen atoms in total. The molecule has 0 aromatic heterocycles. The van der Waals surface area contributed by atoms with Crippen LogP contribution in [0.3, 0.4) is 0 Å². The van der Waals surface area contributed by atoms with Gasteiger partial charge in [-0.15, -0.1) is 0 Å². The average molecular weight is 393 g/mol. The topological polar surface area (TPSA) is 42.8 Å². The highest BCUT2D eigenvalue weighted by molar-refractivity contribution is 5.77. The number of nitrogens with one attached hydrogen (secondary N) is 2. The zero-order chi connectivity index (χ0) is 20.0. The number of quaternary nitrogens is 1. The number of amides is 1. The van der Waals surface area contributed by atoms with E-state index in [4.69, 9.17) is 4.74 Å². The number of carbonyl (C=O) groups is 1. The summed E-state index contributed by atoms with van der Waals surface area (Å²) in [5.41, 5.74) is 1.44. The first-order chi connectivity index (χ1) is 13.4. The van der Waals surface area contributed by atoms with Crippen molar-refractivity contribution < 1.29 is 27.6 Å². The Kier molecular flexibility index (Phi) is 6.57. The number of hydrogen-bond donors (Lipinski definition) is 2. The summed E-state index contributed by atoms with van der Waals surface area (Å²) >= 11 is 0. The highest BCUT2D eigenvalue weighted by Crippen LogP contribution is 2.31. The van der Waals surface area contributed by atoms with Gasteiger partial charge in [-0.1, -0.05) is 30.3 Å². The van der Waals surface area contributed by atoms with Gasteiger partial charge >= 0.3 is 6.18 Å². The summed E-state index contributed by atoms with van der Waals surface area (Å²) in [6.07, 6.45) is -1.85. The average Bonchev–Trinajstić information content (AvgIpc) is 3.18. The van der Waals surface area contributed by atoms with Gasteiger partial charge in [0.15, 0.2) is 6.61 Å². The van der Waals surface area contributed by atoms with Crippen LogP contribution in [-0.2, 0) is 24.1 Å². The molecule has 28 heavy (non-hydrogen) atoms. The number of rotatable bonds is 7. The molecule has 3 rings (SSSR count). The summed E-state index contributed by atoms with van der Waals surface area (Å²) in [4.78, 5) is 13.5. The number of carbonyl (C=O) groups excluding carboxylic acids is 1. The molecule has 0 saturated carbocycles. The molecule has 2 aromatic rings. The molecule has 1 heterocycles. The van der Waals surface area contributed by atoms with Crippen molar-refractivity contribution >= 4 is 5.91 Å². The molecule has 1 aliphatic heterocycles. The molecule has 1 amide bonds. The van der Waals surface area contributed by atoms with Crippen molar-refractivity contribution in [3.8, 4) is 5.75 Å². The van der Waals surface area contributed by atoms with Crippen molar-refractivity contribution in [2.75, 3.05) is 19.7 Å². The number of hydrogen-bond acceptors (Lipinski definition) is 2. The van der Waals surface area contributed by atoms with Crippen molar-refractivity contribution in [3.05, 3.63) is 65.2 Å². The van der Waals surface area contributed by atoms with E-state index in [0.29, 0.717) is 6.54 Å². The number of likely N-dealkylation sites (tertiary alicyclic amines) is 1. The molecule has 2 N–H and O–H groups in total. The van der Waals surface area contributed by atoms with E-state index in [1.807, 2.05) is 12.1 Å². The first-order valence-corrected chi connectivity index (χ1v) is 9.38. The van der Waals surface area contributed by atoms with E-state index in [0.717, 1.165) is 24.2 Å². The third-order valence-corrected chi connectivity index (χ3v) is 4.81. The molecule has 0 radical (unpaired) electrons. The van der Waals surface area contributed by atoms with Crippen molar-refractivity contribution in [3.63, 3.8) is 0 Å². The SMILES string of the molecule is O=C(COc1cccc(C(F)(F)F)c1)NCc1ccc(C[NH+]2CCCC2)cc1. The van der Waals surface area contributed by atoms with Gasteiger partial charge in [-0.2, -0.15) is 13.2 Å². The lowest BCUT2D eigenvalue weighted by Gasteiger charge is -2.12. The number of ether oxygens (including phenoxy) is 1. The number of benzene rings is 2. The predicted octanol–water partition coefficient (Wildman–Crippen LogP) is 2.58. The van der Waals surface area contributed by atoms with E-state index in [1.165, 1.54) is 43.6 Å². The minimum absolute atomic E-state index is 0.0127. The fourth-order valence-corrected chi connectivity index (χ4v) is 3.28. The molecule has 7 heteroatoms. The largest absolute Gasteiger partial charge is 0.484 e. The molecule has 150 valence electrons. The van der Waals surface area contributed by atoms with Gasteiger partial charge in [0.2, 0.25) is 0 Å². The van der Waals surface area contributed by atoms with Crippen LogP contribution in [0.1, 0.15) is 29.5 Å². The highest BCUT2D eigenvalue weighted by atomic mass is 19.4. The molecule has 1 saturated heterocycles. The third kappa shape index (κ3) is 5.99. The fourth-order valence-electron chi connectivity index (χ4n) is 3.28. The summed E-state index contributed by atoms with van der Waals surface area (Å²) in [5, 5.41) is 2.72. The Bertz CT molecular complexity index is 785. The van der Waals surface area contributed by atoms with Gasteiger partial charge in [-0.05, 0) is 23.8 Å². The van der Waals surface area contributed by atoms with E-state index >= 15 is 0 Å². The first-order valence-electron chi connectivity index (χ1n) is 9.38. The van der Waals surface area contributed by atoms with Crippen LogP contribution >= 0.6 is 0 Å². The van der Waals surface area contributed by atoms with Crippen LogP contribution in [0.4, 0.5) is 13.2 Å². The standard InChI is InChI=1S/C21H23F3N2O2/c22-21(23,24)18-4-3-5-19(12-18)28-15-20(27)25-13-16-6-8-17(9-7-16)14-26-10-1-2-11-26/h3-9,12H,1-2,10-11,13-15H2,(H,25,27)/p+1. The second kappa shape index (κ2) is 9.10. The second-order valence-electron chi connectivity index (χ2n) is 7.04. The zero-order valence-electron chi connectivity index (χ0n) is 15.5. The minimum atomic E-state index is -4.44. The molecule has 0 aliphatic carbocycles.